The van der Waals surface area contributed by atoms with Crippen molar-refractivity contribution >= 4 is 0 Å². The molecule has 2 nitrogen and oxygen atoms in total. The minimum atomic E-state index is -0.337. The molecule has 0 aromatic rings. The third-order valence-electron chi connectivity index (χ3n) is 1.51. The van der Waals surface area contributed by atoms with Crippen molar-refractivity contribution in [1.82, 2.24) is 0 Å². The summed E-state index contributed by atoms with van der Waals surface area (Å²) in [5, 5.41) is 17.6. The van der Waals surface area contributed by atoms with Crippen molar-refractivity contribution in [2.24, 2.45) is 0 Å². The zero-order valence-corrected chi connectivity index (χ0v) is 7.38. The summed E-state index contributed by atoms with van der Waals surface area (Å²) in [5.41, 5.74) is 1.28. The lowest BCUT2D eigenvalue weighted by Gasteiger charge is -2.05. The molecule has 0 saturated heterocycles. The Labute approximate surface area is 68.6 Å². The monoisotopic (exact) mass is 158 g/mol. The Morgan fingerprint density at radius 3 is 2.45 bits per heavy atom. The Morgan fingerprint density at radius 2 is 2.00 bits per heavy atom. The minimum absolute atomic E-state index is 0.0794. The van der Waals surface area contributed by atoms with Gasteiger partial charge in [0.25, 0.3) is 0 Å². The van der Waals surface area contributed by atoms with E-state index in [0.717, 1.165) is 12.8 Å². The lowest BCUT2D eigenvalue weighted by molar-refractivity contribution is 0.126. The maximum atomic E-state index is 9.17. The standard InChI is InChI=1S/C9H18O2/c1-8(2)4-3-5-9(11)6-7-10/h4,9-11H,3,5-7H2,1-2H3. The second-order valence-electron chi connectivity index (χ2n) is 3.02. The van der Waals surface area contributed by atoms with E-state index in [1.54, 1.807) is 0 Å². The summed E-state index contributed by atoms with van der Waals surface area (Å²) in [6.45, 7) is 4.16. The number of hydrogen-bond acceptors (Lipinski definition) is 2. The van der Waals surface area contributed by atoms with Gasteiger partial charge in [0, 0.05) is 6.61 Å². The topological polar surface area (TPSA) is 40.5 Å². The van der Waals surface area contributed by atoms with Gasteiger partial charge in [-0.1, -0.05) is 11.6 Å². The van der Waals surface area contributed by atoms with Crippen molar-refractivity contribution in [2.45, 2.75) is 39.2 Å². The average Bonchev–Trinajstić information content (AvgIpc) is 1.87. The molecular weight excluding hydrogens is 140 g/mol. The minimum Gasteiger partial charge on any atom is -0.396 e. The first-order valence-electron chi connectivity index (χ1n) is 4.09. The van der Waals surface area contributed by atoms with Crippen molar-refractivity contribution in [2.75, 3.05) is 6.61 Å². The molecule has 2 N–H and O–H groups in total. The molecule has 0 bridgehead atoms. The van der Waals surface area contributed by atoms with E-state index in [1.807, 2.05) is 13.8 Å². The van der Waals surface area contributed by atoms with E-state index < -0.39 is 0 Å². The summed E-state index contributed by atoms with van der Waals surface area (Å²) in [6.07, 6.45) is 3.92. The summed E-state index contributed by atoms with van der Waals surface area (Å²) >= 11 is 0. The summed E-state index contributed by atoms with van der Waals surface area (Å²) in [6, 6.07) is 0. The Bertz CT molecular complexity index is 115. The number of hydrogen-bond donors (Lipinski definition) is 2. The third-order valence-corrected chi connectivity index (χ3v) is 1.51. The van der Waals surface area contributed by atoms with Crippen LogP contribution in [-0.2, 0) is 0 Å². The predicted octanol–water partition coefficient (Wildman–Crippen LogP) is 1.48. The second kappa shape index (κ2) is 6.38. The largest absolute Gasteiger partial charge is 0.396 e. The van der Waals surface area contributed by atoms with Gasteiger partial charge in [-0.2, -0.15) is 0 Å². The molecule has 0 radical (unpaired) electrons. The van der Waals surface area contributed by atoms with Crippen molar-refractivity contribution in [1.29, 1.82) is 0 Å². The van der Waals surface area contributed by atoms with Gasteiger partial charge in [-0.3, -0.25) is 0 Å². The van der Waals surface area contributed by atoms with Crippen LogP contribution in [0.2, 0.25) is 0 Å². The predicted molar refractivity (Wildman–Crippen MR) is 46.4 cm³/mol. The highest BCUT2D eigenvalue weighted by atomic mass is 16.3. The molecule has 0 saturated carbocycles. The molecule has 0 aliphatic rings. The van der Waals surface area contributed by atoms with Crippen molar-refractivity contribution in [3.05, 3.63) is 11.6 Å². The molecule has 0 spiro atoms. The highest BCUT2D eigenvalue weighted by Crippen LogP contribution is 2.03. The molecular formula is C9H18O2. The smallest absolute Gasteiger partial charge is 0.0565 e. The molecule has 0 aromatic heterocycles. The molecule has 0 amide bonds. The van der Waals surface area contributed by atoms with Gasteiger partial charge in [-0.05, 0) is 33.1 Å². The molecule has 0 aromatic carbocycles. The lowest BCUT2D eigenvalue weighted by atomic mass is 10.1. The van der Waals surface area contributed by atoms with Crippen LogP contribution in [0, 0.1) is 0 Å². The highest BCUT2D eigenvalue weighted by Gasteiger charge is 2.00. The Kier molecular flexibility index (Phi) is 6.18. The van der Waals surface area contributed by atoms with Crippen LogP contribution in [0.4, 0.5) is 0 Å². The van der Waals surface area contributed by atoms with Crippen molar-refractivity contribution < 1.29 is 10.2 Å². The number of rotatable bonds is 5. The first-order valence-corrected chi connectivity index (χ1v) is 4.09. The van der Waals surface area contributed by atoms with Gasteiger partial charge in [-0.15, -0.1) is 0 Å². The maximum Gasteiger partial charge on any atom is 0.0565 e. The zero-order chi connectivity index (χ0) is 8.69. The fourth-order valence-electron chi connectivity index (χ4n) is 0.858. The van der Waals surface area contributed by atoms with Crippen LogP contribution in [-0.4, -0.2) is 22.9 Å². The van der Waals surface area contributed by atoms with Crippen LogP contribution >= 0.6 is 0 Å². The van der Waals surface area contributed by atoms with Gasteiger partial charge in [0.2, 0.25) is 0 Å². The molecule has 66 valence electrons. The summed E-state index contributed by atoms with van der Waals surface area (Å²) < 4.78 is 0. The molecule has 2 heteroatoms. The number of allylic oxidation sites excluding steroid dienone is 2. The summed E-state index contributed by atoms with van der Waals surface area (Å²) in [5.74, 6) is 0. The van der Waals surface area contributed by atoms with E-state index in [1.165, 1.54) is 5.57 Å². The number of aliphatic hydroxyl groups excluding tert-OH is 2. The Morgan fingerprint density at radius 1 is 1.36 bits per heavy atom. The summed E-state index contributed by atoms with van der Waals surface area (Å²) in [4.78, 5) is 0. The van der Waals surface area contributed by atoms with E-state index in [9.17, 15) is 5.11 Å². The fourth-order valence-corrected chi connectivity index (χ4v) is 0.858. The molecule has 0 heterocycles. The molecule has 11 heavy (non-hydrogen) atoms. The SMILES string of the molecule is CC(C)=CCCC(O)CCO. The first-order chi connectivity index (χ1) is 5.16. The molecule has 1 atom stereocenters. The highest BCUT2D eigenvalue weighted by molar-refractivity contribution is 4.92. The van der Waals surface area contributed by atoms with Crippen LogP contribution in [0.25, 0.3) is 0 Å². The fraction of sp³-hybridized carbons (Fsp3) is 0.778. The van der Waals surface area contributed by atoms with E-state index >= 15 is 0 Å². The molecule has 0 aliphatic carbocycles. The van der Waals surface area contributed by atoms with Gasteiger partial charge >= 0.3 is 0 Å². The molecule has 0 aliphatic heterocycles. The van der Waals surface area contributed by atoms with Crippen LogP contribution < -0.4 is 0 Å². The van der Waals surface area contributed by atoms with Crippen LogP contribution in [0.15, 0.2) is 11.6 Å². The normalized spacial score (nSPS) is 12.7. The lowest BCUT2D eigenvalue weighted by Crippen LogP contribution is -2.07. The molecule has 0 fully saturated rings. The van der Waals surface area contributed by atoms with Crippen LogP contribution in [0.3, 0.4) is 0 Å². The third kappa shape index (κ3) is 7.56. The van der Waals surface area contributed by atoms with Crippen LogP contribution in [0.5, 0.6) is 0 Å². The zero-order valence-electron chi connectivity index (χ0n) is 7.38. The Balaban J connectivity index is 3.31. The summed E-state index contributed by atoms with van der Waals surface area (Å²) in [7, 11) is 0. The van der Waals surface area contributed by atoms with E-state index in [-0.39, 0.29) is 12.7 Å². The van der Waals surface area contributed by atoms with E-state index in [0.29, 0.717) is 6.42 Å². The first kappa shape index (κ1) is 10.7. The van der Waals surface area contributed by atoms with Gasteiger partial charge in [0.1, 0.15) is 0 Å². The molecule has 1 unspecified atom stereocenters. The van der Waals surface area contributed by atoms with Gasteiger partial charge in [0.15, 0.2) is 0 Å². The van der Waals surface area contributed by atoms with Crippen molar-refractivity contribution in [3.8, 4) is 0 Å². The van der Waals surface area contributed by atoms with Gasteiger partial charge < -0.3 is 10.2 Å². The van der Waals surface area contributed by atoms with Crippen molar-refractivity contribution in [3.63, 3.8) is 0 Å². The maximum absolute atomic E-state index is 9.17. The van der Waals surface area contributed by atoms with Crippen LogP contribution in [0.1, 0.15) is 33.1 Å². The van der Waals surface area contributed by atoms with Gasteiger partial charge in [-0.25, -0.2) is 0 Å². The quantitative estimate of drug-likeness (QED) is 0.595. The average molecular weight is 158 g/mol. The number of aliphatic hydroxyl groups is 2. The molecule has 0 rings (SSSR count). The van der Waals surface area contributed by atoms with Gasteiger partial charge in [0.05, 0.1) is 6.10 Å². The second-order valence-corrected chi connectivity index (χ2v) is 3.02. The van der Waals surface area contributed by atoms with E-state index in [4.69, 9.17) is 5.11 Å². The Hall–Kier alpha value is -0.340. The van der Waals surface area contributed by atoms with E-state index in [2.05, 4.69) is 6.08 Å².